The summed E-state index contributed by atoms with van der Waals surface area (Å²) in [6, 6.07) is 17.8. The van der Waals surface area contributed by atoms with E-state index in [0.29, 0.717) is 22.5 Å². The number of hydrogen-bond acceptors (Lipinski definition) is 4. The first-order chi connectivity index (χ1) is 14.6. The zero-order valence-electron chi connectivity index (χ0n) is 16.6. The predicted octanol–water partition coefficient (Wildman–Crippen LogP) is 3.14. The van der Waals surface area contributed by atoms with Gasteiger partial charge >= 0.3 is 0 Å². The number of amides is 2. The van der Waals surface area contributed by atoms with Gasteiger partial charge in [0.15, 0.2) is 0 Å². The van der Waals surface area contributed by atoms with Crippen molar-refractivity contribution in [1.29, 1.82) is 0 Å². The number of benzene rings is 3. The molecule has 7 nitrogen and oxygen atoms in total. The van der Waals surface area contributed by atoms with E-state index in [2.05, 4.69) is 5.32 Å². The fourth-order valence-electron chi connectivity index (χ4n) is 2.89. The highest BCUT2D eigenvalue weighted by Crippen LogP contribution is 2.22. The Kier molecular flexibility index (Phi) is 6.36. The van der Waals surface area contributed by atoms with Crippen molar-refractivity contribution < 1.29 is 22.4 Å². The zero-order valence-corrected chi connectivity index (χ0v) is 17.4. The number of anilines is 2. The Bertz CT molecular complexity index is 1210. The minimum atomic E-state index is -3.63. The van der Waals surface area contributed by atoms with Crippen LogP contribution < -0.4 is 15.4 Å². The fraction of sp³-hybridized carbons (Fsp3) is 0.0909. The first-order valence-corrected chi connectivity index (χ1v) is 11.0. The molecule has 0 heterocycles. The van der Waals surface area contributed by atoms with Crippen molar-refractivity contribution in [3.8, 4) is 0 Å². The van der Waals surface area contributed by atoms with E-state index >= 15 is 0 Å². The van der Waals surface area contributed by atoms with Crippen LogP contribution in [0.3, 0.4) is 0 Å². The Hall–Kier alpha value is -3.72. The maximum Gasteiger partial charge on any atom is 0.255 e. The van der Waals surface area contributed by atoms with Crippen LogP contribution in [0.4, 0.5) is 15.8 Å². The van der Waals surface area contributed by atoms with E-state index in [1.54, 1.807) is 12.1 Å². The molecule has 3 N–H and O–H groups in total. The molecule has 3 aromatic rings. The molecule has 0 spiro atoms. The van der Waals surface area contributed by atoms with Crippen LogP contribution in [0.15, 0.2) is 72.8 Å². The van der Waals surface area contributed by atoms with Crippen LogP contribution in [0.5, 0.6) is 0 Å². The highest BCUT2D eigenvalue weighted by Gasteiger charge is 2.18. The second kappa shape index (κ2) is 8.97. The van der Waals surface area contributed by atoms with Crippen molar-refractivity contribution in [1.82, 2.24) is 0 Å². The summed E-state index contributed by atoms with van der Waals surface area (Å²) in [7, 11) is -3.63. The first kappa shape index (κ1) is 22.0. The van der Waals surface area contributed by atoms with Crippen molar-refractivity contribution in [3.63, 3.8) is 0 Å². The Balaban J connectivity index is 1.79. The zero-order chi connectivity index (χ0) is 22.6. The number of halogens is 1. The number of rotatable bonds is 7. The van der Waals surface area contributed by atoms with E-state index in [1.165, 1.54) is 60.7 Å². The number of primary amides is 1. The maximum atomic E-state index is 13.1. The van der Waals surface area contributed by atoms with Gasteiger partial charge in [-0.05, 0) is 60.2 Å². The number of nitrogens with two attached hydrogens (primary N) is 1. The van der Waals surface area contributed by atoms with Gasteiger partial charge in [0.2, 0.25) is 15.9 Å². The summed E-state index contributed by atoms with van der Waals surface area (Å²) in [6.45, 7) is 0.0184. The van der Waals surface area contributed by atoms with Crippen LogP contribution in [-0.4, -0.2) is 26.5 Å². The van der Waals surface area contributed by atoms with E-state index in [-0.39, 0.29) is 12.1 Å². The number of nitrogens with zero attached hydrogens (tertiary/aromatic N) is 1. The van der Waals surface area contributed by atoms with Crippen LogP contribution in [0.1, 0.15) is 26.3 Å². The molecule has 0 aliphatic heterocycles. The molecule has 2 amide bonds. The second-order valence-corrected chi connectivity index (χ2v) is 8.75. The van der Waals surface area contributed by atoms with Crippen LogP contribution in [0, 0.1) is 5.82 Å². The molecule has 9 heteroatoms. The molecule has 3 aromatic carbocycles. The SMILES string of the molecule is CS(=O)(=O)N(Cc1ccc(F)cc1)c1ccc(C(=O)Nc2cccc(C(N)=O)c2)cc1. The number of sulfonamides is 1. The molecule has 31 heavy (non-hydrogen) atoms. The standard InChI is InChI=1S/C22H20FN3O4S/c1-31(29,30)26(14-15-5-9-18(23)10-6-15)20-11-7-16(8-12-20)22(28)25-19-4-2-3-17(13-19)21(24)27/h2-13H,14H2,1H3,(H2,24,27)(H,25,28). The smallest absolute Gasteiger partial charge is 0.255 e. The van der Waals surface area contributed by atoms with Crippen LogP contribution in [-0.2, 0) is 16.6 Å². The molecule has 0 saturated carbocycles. The van der Waals surface area contributed by atoms with Gasteiger partial charge in [-0.1, -0.05) is 18.2 Å². The van der Waals surface area contributed by atoms with Crippen LogP contribution in [0.2, 0.25) is 0 Å². The molecule has 0 aliphatic rings. The van der Waals surface area contributed by atoms with E-state index in [1.807, 2.05) is 0 Å². The molecule has 0 atom stereocenters. The molecule has 0 bridgehead atoms. The number of nitrogens with one attached hydrogen (secondary N) is 1. The largest absolute Gasteiger partial charge is 0.366 e. The van der Waals surface area contributed by atoms with Gasteiger partial charge in [0, 0.05) is 16.8 Å². The van der Waals surface area contributed by atoms with Gasteiger partial charge in [-0.25, -0.2) is 12.8 Å². The van der Waals surface area contributed by atoms with Crippen LogP contribution in [0.25, 0.3) is 0 Å². The third-order valence-electron chi connectivity index (χ3n) is 4.46. The summed E-state index contributed by atoms with van der Waals surface area (Å²) < 4.78 is 38.9. The minimum absolute atomic E-state index is 0.0184. The minimum Gasteiger partial charge on any atom is -0.366 e. The summed E-state index contributed by atoms with van der Waals surface area (Å²) in [4.78, 5) is 23.8. The summed E-state index contributed by atoms with van der Waals surface area (Å²) in [5.74, 6) is -1.45. The van der Waals surface area contributed by atoms with Crippen molar-refractivity contribution in [2.45, 2.75) is 6.54 Å². The van der Waals surface area contributed by atoms with Gasteiger partial charge in [-0.3, -0.25) is 13.9 Å². The lowest BCUT2D eigenvalue weighted by Gasteiger charge is -2.22. The summed E-state index contributed by atoms with van der Waals surface area (Å²) in [5, 5.41) is 2.66. The topological polar surface area (TPSA) is 110 Å². The number of carbonyl (C=O) groups is 2. The van der Waals surface area contributed by atoms with E-state index < -0.39 is 27.7 Å². The van der Waals surface area contributed by atoms with Crippen molar-refractivity contribution in [2.24, 2.45) is 5.73 Å². The average molecular weight is 441 g/mol. The average Bonchev–Trinajstić information content (AvgIpc) is 2.73. The van der Waals surface area contributed by atoms with E-state index in [9.17, 15) is 22.4 Å². The third-order valence-corrected chi connectivity index (χ3v) is 5.60. The molecular formula is C22H20FN3O4S. The molecule has 0 aromatic heterocycles. The second-order valence-electron chi connectivity index (χ2n) is 6.84. The van der Waals surface area contributed by atoms with E-state index in [4.69, 9.17) is 5.73 Å². The summed E-state index contributed by atoms with van der Waals surface area (Å²) in [5.41, 5.74) is 7.18. The molecule has 160 valence electrons. The predicted molar refractivity (Wildman–Crippen MR) is 117 cm³/mol. The van der Waals surface area contributed by atoms with Crippen molar-refractivity contribution >= 4 is 33.2 Å². The molecule has 0 unspecified atom stereocenters. The maximum absolute atomic E-state index is 13.1. The lowest BCUT2D eigenvalue weighted by molar-refractivity contribution is 0.0996. The van der Waals surface area contributed by atoms with Gasteiger partial charge in [0.1, 0.15) is 5.82 Å². The van der Waals surface area contributed by atoms with Crippen LogP contribution >= 0.6 is 0 Å². The quantitative estimate of drug-likeness (QED) is 0.587. The van der Waals surface area contributed by atoms with Gasteiger partial charge < -0.3 is 11.1 Å². The Morgan fingerprint density at radius 1 is 0.968 bits per heavy atom. The summed E-state index contributed by atoms with van der Waals surface area (Å²) in [6.07, 6.45) is 1.07. The first-order valence-electron chi connectivity index (χ1n) is 9.17. The van der Waals surface area contributed by atoms with Gasteiger partial charge in [0.05, 0.1) is 18.5 Å². The summed E-state index contributed by atoms with van der Waals surface area (Å²) >= 11 is 0. The van der Waals surface area contributed by atoms with Gasteiger partial charge in [-0.2, -0.15) is 0 Å². The molecule has 0 aliphatic carbocycles. The molecule has 0 radical (unpaired) electrons. The van der Waals surface area contributed by atoms with Gasteiger partial charge in [0.25, 0.3) is 5.91 Å². The fourth-order valence-corrected chi connectivity index (χ4v) is 3.78. The Morgan fingerprint density at radius 3 is 2.19 bits per heavy atom. The monoisotopic (exact) mass is 441 g/mol. The van der Waals surface area contributed by atoms with Gasteiger partial charge in [-0.15, -0.1) is 0 Å². The molecular weight excluding hydrogens is 421 g/mol. The van der Waals surface area contributed by atoms with Crippen molar-refractivity contribution in [3.05, 3.63) is 95.3 Å². The molecule has 0 saturated heterocycles. The lowest BCUT2D eigenvalue weighted by atomic mass is 10.1. The molecule has 3 rings (SSSR count). The Labute approximate surface area is 179 Å². The number of hydrogen-bond donors (Lipinski definition) is 2. The molecule has 0 fully saturated rings. The third kappa shape index (κ3) is 5.67. The van der Waals surface area contributed by atoms with Crippen molar-refractivity contribution in [2.75, 3.05) is 15.9 Å². The van der Waals surface area contributed by atoms with E-state index in [0.717, 1.165) is 10.6 Å². The number of carbonyl (C=O) groups excluding carboxylic acids is 2. The lowest BCUT2D eigenvalue weighted by Crippen LogP contribution is -2.29. The normalized spacial score (nSPS) is 11.0. The highest BCUT2D eigenvalue weighted by atomic mass is 32.2. The highest BCUT2D eigenvalue weighted by molar-refractivity contribution is 7.92. The Morgan fingerprint density at radius 2 is 1.61 bits per heavy atom.